The molecule has 0 bridgehead atoms. The molecule has 0 aromatic carbocycles. The average molecular weight is 519 g/mol. The van der Waals surface area contributed by atoms with Crippen molar-refractivity contribution >= 4 is 35.8 Å². The van der Waals surface area contributed by atoms with Crippen LogP contribution in [0.15, 0.2) is 17.4 Å². The Morgan fingerprint density at radius 1 is 1.38 bits per heavy atom. The first-order valence-corrected chi connectivity index (χ1v) is 10.2. The van der Waals surface area contributed by atoms with Crippen LogP contribution >= 0.6 is 24.0 Å². The van der Waals surface area contributed by atoms with Gasteiger partial charge in [-0.2, -0.15) is 5.10 Å². The highest BCUT2D eigenvalue weighted by Gasteiger charge is 2.28. The fourth-order valence-electron chi connectivity index (χ4n) is 3.75. The number of guanidine groups is 1. The SMILES string of the molecule is CN=C(NCC(c1cnn(C)c1)N(C)C)NC1CCCC(C(=O)NC(C)C)C1.I. The first kappa shape index (κ1) is 25.7. The molecule has 1 fully saturated rings. The van der Waals surface area contributed by atoms with Crippen molar-refractivity contribution in [2.45, 2.75) is 57.7 Å². The molecule has 8 nitrogen and oxygen atoms in total. The molecule has 1 amide bonds. The molecule has 0 aliphatic heterocycles. The van der Waals surface area contributed by atoms with E-state index in [1.807, 2.05) is 38.0 Å². The summed E-state index contributed by atoms with van der Waals surface area (Å²) in [6.07, 6.45) is 7.88. The zero-order chi connectivity index (χ0) is 20.7. The minimum atomic E-state index is 0. The van der Waals surface area contributed by atoms with Gasteiger partial charge in [-0.15, -0.1) is 24.0 Å². The third-order valence-corrected chi connectivity index (χ3v) is 5.24. The second-order valence-corrected chi connectivity index (χ2v) is 8.25. The Morgan fingerprint density at radius 3 is 2.66 bits per heavy atom. The van der Waals surface area contributed by atoms with Crippen molar-refractivity contribution in [1.29, 1.82) is 0 Å². The minimum Gasteiger partial charge on any atom is -0.354 e. The van der Waals surface area contributed by atoms with Gasteiger partial charge in [0.05, 0.1) is 12.2 Å². The van der Waals surface area contributed by atoms with Crippen LogP contribution in [0.4, 0.5) is 0 Å². The summed E-state index contributed by atoms with van der Waals surface area (Å²) in [4.78, 5) is 18.9. The second kappa shape index (κ2) is 12.4. The first-order chi connectivity index (χ1) is 13.3. The molecule has 1 saturated carbocycles. The van der Waals surface area contributed by atoms with E-state index in [0.29, 0.717) is 0 Å². The van der Waals surface area contributed by atoms with Gasteiger partial charge in [-0.25, -0.2) is 0 Å². The van der Waals surface area contributed by atoms with E-state index in [1.54, 1.807) is 7.05 Å². The molecule has 3 N–H and O–H groups in total. The normalized spacial score (nSPS) is 20.9. The van der Waals surface area contributed by atoms with Crippen LogP contribution < -0.4 is 16.0 Å². The van der Waals surface area contributed by atoms with Gasteiger partial charge in [-0.3, -0.25) is 14.5 Å². The molecule has 0 saturated heterocycles. The van der Waals surface area contributed by atoms with Crippen LogP contribution in [0.5, 0.6) is 0 Å². The van der Waals surface area contributed by atoms with Gasteiger partial charge in [0.25, 0.3) is 0 Å². The summed E-state index contributed by atoms with van der Waals surface area (Å²) >= 11 is 0. The molecule has 9 heteroatoms. The Bertz CT molecular complexity index is 659. The summed E-state index contributed by atoms with van der Waals surface area (Å²) in [6, 6.07) is 0.646. The Hall–Kier alpha value is -1.36. The predicted octanol–water partition coefficient (Wildman–Crippen LogP) is 1.89. The van der Waals surface area contributed by atoms with Gasteiger partial charge in [-0.05, 0) is 47.2 Å². The number of carbonyl (C=O) groups is 1. The quantitative estimate of drug-likeness (QED) is 0.291. The number of likely N-dealkylation sites (N-methyl/N-ethyl adjacent to an activating group) is 1. The maximum absolute atomic E-state index is 12.4. The molecule has 29 heavy (non-hydrogen) atoms. The average Bonchev–Trinajstić information content (AvgIpc) is 3.06. The highest BCUT2D eigenvalue weighted by atomic mass is 127. The summed E-state index contributed by atoms with van der Waals surface area (Å²) in [5.41, 5.74) is 1.17. The third-order valence-electron chi connectivity index (χ3n) is 5.24. The smallest absolute Gasteiger partial charge is 0.223 e. The van der Waals surface area contributed by atoms with Crippen molar-refractivity contribution in [3.8, 4) is 0 Å². The standard InChI is InChI=1S/C20H37N7O.HI/c1-14(2)24-19(28)15-8-7-9-17(10-15)25-20(21-3)22-12-18(26(4)5)16-11-23-27(6)13-16;/h11,13-15,17-18H,7-10,12H2,1-6H3,(H,24,28)(H2,21,22,25);1H. The topological polar surface area (TPSA) is 86.6 Å². The molecule has 1 aromatic rings. The Morgan fingerprint density at radius 2 is 2.10 bits per heavy atom. The van der Waals surface area contributed by atoms with Gasteiger partial charge < -0.3 is 20.9 Å². The van der Waals surface area contributed by atoms with Crippen LogP contribution in [-0.4, -0.2) is 66.3 Å². The number of carbonyl (C=O) groups excluding carboxylic acids is 1. The van der Waals surface area contributed by atoms with E-state index in [2.05, 4.69) is 45.0 Å². The van der Waals surface area contributed by atoms with Crippen molar-refractivity contribution in [3.05, 3.63) is 18.0 Å². The van der Waals surface area contributed by atoms with Gasteiger partial charge in [0.2, 0.25) is 5.91 Å². The maximum atomic E-state index is 12.4. The molecule has 1 aromatic heterocycles. The van der Waals surface area contributed by atoms with Gasteiger partial charge >= 0.3 is 0 Å². The van der Waals surface area contributed by atoms with Gasteiger partial charge in [0.1, 0.15) is 0 Å². The van der Waals surface area contributed by atoms with E-state index in [1.165, 1.54) is 5.56 Å². The minimum absolute atomic E-state index is 0. The van der Waals surface area contributed by atoms with Crippen LogP contribution in [0.25, 0.3) is 0 Å². The lowest BCUT2D eigenvalue weighted by Gasteiger charge is -2.31. The molecule has 2 rings (SSSR count). The number of aliphatic imine (C=N–C) groups is 1. The van der Waals surface area contributed by atoms with Crippen LogP contribution in [0.3, 0.4) is 0 Å². The maximum Gasteiger partial charge on any atom is 0.223 e. The van der Waals surface area contributed by atoms with Crippen LogP contribution in [0, 0.1) is 5.92 Å². The number of nitrogens with zero attached hydrogens (tertiary/aromatic N) is 4. The van der Waals surface area contributed by atoms with E-state index in [0.717, 1.165) is 38.2 Å². The van der Waals surface area contributed by atoms with Crippen LogP contribution in [-0.2, 0) is 11.8 Å². The summed E-state index contributed by atoms with van der Waals surface area (Å²) in [7, 11) is 7.85. The highest BCUT2D eigenvalue weighted by Crippen LogP contribution is 2.24. The van der Waals surface area contributed by atoms with E-state index >= 15 is 0 Å². The van der Waals surface area contributed by atoms with Gasteiger partial charge in [-0.1, -0.05) is 6.42 Å². The van der Waals surface area contributed by atoms with Gasteiger partial charge in [0, 0.05) is 50.4 Å². The fraction of sp³-hybridized carbons (Fsp3) is 0.750. The van der Waals surface area contributed by atoms with Gasteiger partial charge in [0.15, 0.2) is 5.96 Å². The lowest BCUT2D eigenvalue weighted by Crippen LogP contribution is -2.48. The Kier molecular flexibility index (Phi) is 10.9. The number of amides is 1. The zero-order valence-corrected chi connectivity index (χ0v) is 20.9. The number of nitrogens with one attached hydrogen (secondary N) is 3. The summed E-state index contributed by atoms with van der Waals surface area (Å²) in [5, 5.41) is 14.3. The van der Waals surface area contributed by atoms with Crippen molar-refractivity contribution in [2.24, 2.45) is 18.0 Å². The number of hydrogen-bond acceptors (Lipinski definition) is 4. The number of rotatable bonds is 7. The number of halogens is 1. The molecular formula is C20H38IN7O. The van der Waals surface area contributed by atoms with Crippen molar-refractivity contribution in [2.75, 3.05) is 27.7 Å². The lowest BCUT2D eigenvalue weighted by molar-refractivity contribution is -0.126. The molecule has 0 spiro atoms. The molecule has 1 aliphatic rings. The zero-order valence-electron chi connectivity index (χ0n) is 18.6. The van der Waals surface area contributed by atoms with Crippen molar-refractivity contribution in [3.63, 3.8) is 0 Å². The van der Waals surface area contributed by atoms with E-state index in [-0.39, 0.29) is 53.9 Å². The fourth-order valence-corrected chi connectivity index (χ4v) is 3.75. The van der Waals surface area contributed by atoms with Crippen molar-refractivity contribution < 1.29 is 4.79 Å². The summed E-state index contributed by atoms with van der Waals surface area (Å²) in [5.74, 6) is 1.04. The predicted molar refractivity (Wildman–Crippen MR) is 129 cm³/mol. The first-order valence-electron chi connectivity index (χ1n) is 10.2. The van der Waals surface area contributed by atoms with E-state index < -0.39 is 0 Å². The number of aromatic nitrogens is 2. The molecule has 166 valence electrons. The molecule has 3 unspecified atom stereocenters. The highest BCUT2D eigenvalue weighted by molar-refractivity contribution is 14.0. The molecule has 3 atom stereocenters. The number of aryl methyl sites for hydroxylation is 1. The largest absolute Gasteiger partial charge is 0.354 e. The summed E-state index contributed by atoms with van der Waals surface area (Å²) < 4.78 is 1.82. The third kappa shape index (κ3) is 8.12. The van der Waals surface area contributed by atoms with E-state index in [4.69, 9.17) is 0 Å². The Balaban J connectivity index is 0.00000420. The molecule has 1 aliphatic carbocycles. The number of hydrogen-bond donors (Lipinski definition) is 3. The van der Waals surface area contributed by atoms with Crippen molar-refractivity contribution in [1.82, 2.24) is 30.6 Å². The Labute approximate surface area is 192 Å². The molecular weight excluding hydrogens is 481 g/mol. The van der Waals surface area contributed by atoms with Crippen LogP contribution in [0.2, 0.25) is 0 Å². The monoisotopic (exact) mass is 519 g/mol. The molecule has 0 radical (unpaired) electrons. The molecule has 1 heterocycles. The van der Waals surface area contributed by atoms with Crippen LogP contribution in [0.1, 0.15) is 51.1 Å². The van der Waals surface area contributed by atoms with E-state index in [9.17, 15) is 4.79 Å². The summed E-state index contributed by atoms with van der Waals surface area (Å²) in [6.45, 7) is 4.74. The lowest BCUT2D eigenvalue weighted by atomic mass is 9.85. The second-order valence-electron chi connectivity index (χ2n) is 8.25.